The normalized spacial score (nSPS) is 13.8. The summed E-state index contributed by atoms with van der Waals surface area (Å²) >= 11 is 0. The van der Waals surface area contributed by atoms with Crippen LogP contribution in [0.5, 0.6) is 5.75 Å². The van der Waals surface area contributed by atoms with Gasteiger partial charge in [-0.3, -0.25) is 9.59 Å². The Balaban J connectivity index is 0.00000300. The Morgan fingerprint density at radius 1 is 1.07 bits per heavy atom. The van der Waals surface area contributed by atoms with E-state index in [2.05, 4.69) is 16.0 Å². The van der Waals surface area contributed by atoms with E-state index in [1.54, 1.807) is 37.4 Å². The van der Waals surface area contributed by atoms with Gasteiger partial charge in [0, 0.05) is 18.2 Å². The van der Waals surface area contributed by atoms with Gasteiger partial charge in [-0.2, -0.15) is 0 Å². The number of piperidine rings is 1. The lowest BCUT2D eigenvalue weighted by molar-refractivity contribution is -0.116. The van der Waals surface area contributed by atoms with Crippen LogP contribution in [0.2, 0.25) is 0 Å². The average Bonchev–Trinajstić information content (AvgIpc) is 2.73. The molecule has 0 radical (unpaired) electrons. The lowest BCUT2D eigenvalue weighted by Crippen LogP contribution is -2.28. The largest absolute Gasteiger partial charge is 0.497 e. The van der Waals surface area contributed by atoms with E-state index in [1.807, 2.05) is 18.2 Å². The van der Waals surface area contributed by atoms with Crippen LogP contribution in [0.15, 0.2) is 48.5 Å². The molecule has 0 aliphatic carbocycles. The molecule has 3 N–H and O–H groups in total. The quantitative estimate of drug-likeness (QED) is 0.634. The number of rotatable bonds is 7. The summed E-state index contributed by atoms with van der Waals surface area (Å²) in [4.78, 5) is 25.1. The van der Waals surface area contributed by atoms with Crippen molar-refractivity contribution in [2.75, 3.05) is 30.8 Å². The molecule has 6 nitrogen and oxygen atoms in total. The molecule has 3 rings (SSSR count). The highest BCUT2D eigenvalue weighted by Crippen LogP contribution is 2.22. The summed E-state index contributed by atoms with van der Waals surface area (Å²) in [7, 11) is 1.58. The fourth-order valence-corrected chi connectivity index (χ4v) is 3.41. The number of para-hydroxylation sites is 1. The van der Waals surface area contributed by atoms with Crippen molar-refractivity contribution in [2.24, 2.45) is 5.92 Å². The molecular formula is C22H28ClN3O3. The zero-order chi connectivity index (χ0) is 19.8. The highest BCUT2D eigenvalue weighted by Gasteiger charge is 2.17. The van der Waals surface area contributed by atoms with E-state index in [0.29, 0.717) is 35.0 Å². The standard InChI is InChI=1S/C22H27N3O3.ClH/c1-28-18-6-4-5-17(15-18)24-22(27)19-7-2-3-8-20(19)25-21(26)10-9-16-11-13-23-14-12-16;/h2-8,15-16,23H,9-14H2,1H3,(H,24,27)(H,25,26);1H. The lowest BCUT2D eigenvalue weighted by Gasteiger charge is -2.22. The van der Waals surface area contributed by atoms with Crippen LogP contribution in [0.1, 0.15) is 36.0 Å². The van der Waals surface area contributed by atoms with Crippen LogP contribution >= 0.6 is 12.4 Å². The first kappa shape index (κ1) is 22.7. The van der Waals surface area contributed by atoms with Crippen LogP contribution in [0.25, 0.3) is 0 Å². The van der Waals surface area contributed by atoms with E-state index in [1.165, 1.54) is 0 Å². The van der Waals surface area contributed by atoms with Gasteiger partial charge in [-0.25, -0.2) is 0 Å². The third kappa shape index (κ3) is 6.76. The molecule has 156 valence electrons. The minimum Gasteiger partial charge on any atom is -0.497 e. The Labute approximate surface area is 177 Å². The highest BCUT2D eigenvalue weighted by molar-refractivity contribution is 6.10. The Bertz CT molecular complexity index is 822. The van der Waals surface area contributed by atoms with E-state index < -0.39 is 0 Å². The van der Waals surface area contributed by atoms with E-state index in [9.17, 15) is 9.59 Å². The van der Waals surface area contributed by atoms with Crippen molar-refractivity contribution in [3.8, 4) is 5.75 Å². The maximum Gasteiger partial charge on any atom is 0.257 e. The molecule has 0 atom stereocenters. The number of hydrogen-bond donors (Lipinski definition) is 3. The highest BCUT2D eigenvalue weighted by atomic mass is 35.5. The number of carbonyl (C=O) groups is 2. The molecule has 1 aliphatic rings. The summed E-state index contributed by atoms with van der Waals surface area (Å²) in [6, 6.07) is 14.2. The Morgan fingerprint density at radius 2 is 1.83 bits per heavy atom. The molecule has 1 fully saturated rings. The number of hydrogen-bond acceptors (Lipinski definition) is 4. The Kier molecular flexibility index (Phi) is 8.96. The SMILES string of the molecule is COc1cccc(NC(=O)c2ccccc2NC(=O)CCC2CCNCC2)c1.Cl. The predicted octanol–water partition coefficient (Wildman–Crippen LogP) is 4.09. The number of nitrogens with one attached hydrogen (secondary N) is 3. The fraction of sp³-hybridized carbons (Fsp3) is 0.364. The van der Waals surface area contributed by atoms with Crippen molar-refractivity contribution in [3.05, 3.63) is 54.1 Å². The maximum absolute atomic E-state index is 12.7. The van der Waals surface area contributed by atoms with Gasteiger partial charge in [-0.1, -0.05) is 18.2 Å². The predicted molar refractivity (Wildman–Crippen MR) is 118 cm³/mol. The molecule has 7 heteroatoms. The van der Waals surface area contributed by atoms with Gasteiger partial charge < -0.3 is 20.7 Å². The van der Waals surface area contributed by atoms with Gasteiger partial charge in [0.2, 0.25) is 5.91 Å². The van der Waals surface area contributed by atoms with Crippen molar-refractivity contribution in [1.29, 1.82) is 0 Å². The molecule has 1 heterocycles. The molecule has 29 heavy (non-hydrogen) atoms. The molecule has 1 saturated heterocycles. The lowest BCUT2D eigenvalue weighted by atomic mass is 9.93. The van der Waals surface area contributed by atoms with Gasteiger partial charge in [-0.15, -0.1) is 12.4 Å². The second-order valence-corrected chi connectivity index (χ2v) is 7.01. The molecule has 0 unspecified atom stereocenters. The van der Waals surface area contributed by atoms with Gasteiger partial charge in [0.15, 0.2) is 0 Å². The second-order valence-electron chi connectivity index (χ2n) is 7.01. The van der Waals surface area contributed by atoms with Crippen LogP contribution in [-0.2, 0) is 4.79 Å². The van der Waals surface area contributed by atoms with Crippen LogP contribution in [-0.4, -0.2) is 32.0 Å². The summed E-state index contributed by atoms with van der Waals surface area (Å²) in [5.74, 6) is 0.929. The molecule has 2 aromatic carbocycles. The summed E-state index contributed by atoms with van der Waals surface area (Å²) in [5, 5.41) is 9.09. The van der Waals surface area contributed by atoms with Crippen LogP contribution < -0.4 is 20.7 Å². The molecule has 0 bridgehead atoms. The average molecular weight is 418 g/mol. The number of carbonyl (C=O) groups excluding carboxylic acids is 2. The van der Waals surface area contributed by atoms with Gasteiger partial charge in [0.1, 0.15) is 5.75 Å². The number of ether oxygens (including phenoxy) is 1. The summed E-state index contributed by atoms with van der Waals surface area (Å²) < 4.78 is 5.18. The van der Waals surface area contributed by atoms with Crippen LogP contribution in [0, 0.1) is 5.92 Å². The van der Waals surface area contributed by atoms with E-state index >= 15 is 0 Å². The molecule has 0 aromatic heterocycles. The van der Waals surface area contributed by atoms with Gasteiger partial charge in [0.05, 0.1) is 18.4 Å². The third-order valence-corrected chi connectivity index (χ3v) is 5.01. The minimum atomic E-state index is -0.275. The topological polar surface area (TPSA) is 79.5 Å². The molecule has 0 saturated carbocycles. The smallest absolute Gasteiger partial charge is 0.257 e. The Hall–Kier alpha value is -2.57. The molecule has 1 aliphatic heterocycles. The van der Waals surface area contributed by atoms with Crippen LogP contribution in [0.3, 0.4) is 0 Å². The van der Waals surface area contributed by atoms with E-state index in [-0.39, 0.29) is 24.2 Å². The van der Waals surface area contributed by atoms with Crippen molar-refractivity contribution in [3.63, 3.8) is 0 Å². The van der Waals surface area contributed by atoms with Crippen molar-refractivity contribution >= 4 is 35.6 Å². The van der Waals surface area contributed by atoms with Crippen molar-refractivity contribution < 1.29 is 14.3 Å². The zero-order valence-corrected chi connectivity index (χ0v) is 17.4. The first-order chi connectivity index (χ1) is 13.7. The maximum atomic E-state index is 12.7. The molecular weight excluding hydrogens is 390 g/mol. The Morgan fingerprint density at radius 3 is 2.59 bits per heavy atom. The summed E-state index contributed by atoms with van der Waals surface area (Å²) in [5.41, 5.74) is 1.59. The first-order valence-electron chi connectivity index (χ1n) is 9.70. The molecule has 2 aromatic rings. The number of amides is 2. The zero-order valence-electron chi connectivity index (χ0n) is 16.6. The minimum absolute atomic E-state index is 0. The number of methoxy groups -OCH3 is 1. The number of benzene rings is 2. The van der Waals surface area contributed by atoms with Gasteiger partial charge >= 0.3 is 0 Å². The van der Waals surface area contributed by atoms with Crippen molar-refractivity contribution in [1.82, 2.24) is 5.32 Å². The summed E-state index contributed by atoms with van der Waals surface area (Å²) in [6.45, 7) is 2.05. The first-order valence-corrected chi connectivity index (χ1v) is 9.70. The number of halogens is 1. The van der Waals surface area contributed by atoms with Crippen molar-refractivity contribution in [2.45, 2.75) is 25.7 Å². The van der Waals surface area contributed by atoms with Crippen LogP contribution in [0.4, 0.5) is 11.4 Å². The molecule has 0 spiro atoms. The monoisotopic (exact) mass is 417 g/mol. The van der Waals surface area contributed by atoms with E-state index in [4.69, 9.17) is 4.74 Å². The third-order valence-electron chi connectivity index (χ3n) is 5.01. The number of anilines is 2. The van der Waals surface area contributed by atoms with Gasteiger partial charge in [-0.05, 0) is 62.5 Å². The fourth-order valence-electron chi connectivity index (χ4n) is 3.41. The van der Waals surface area contributed by atoms with Gasteiger partial charge in [0.25, 0.3) is 5.91 Å². The van der Waals surface area contributed by atoms with E-state index in [0.717, 1.165) is 32.4 Å². The molecule has 2 amide bonds. The second kappa shape index (κ2) is 11.4. The summed E-state index contributed by atoms with van der Waals surface area (Å²) in [6.07, 6.45) is 3.59.